The van der Waals surface area contributed by atoms with E-state index in [1.807, 2.05) is 46.7 Å². The van der Waals surface area contributed by atoms with Crippen molar-refractivity contribution >= 4 is 5.97 Å². The Morgan fingerprint density at radius 1 is 0.926 bits per heavy atom. The number of aliphatic hydroxyl groups is 5. The zero-order valence-corrected chi connectivity index (χ0v) is 35.6. The van der Waals surface area contributed by atoms with E-state index in [1.165, 1.54) is 14.0 Å². The van der Waals surface area contributed by atoms with Crippen molar-refractivity contribution in [3.05, 3.63) is 0 Å². The van der Waals surface area contributed by atoms with Crippen LogP contribution in [0.5, 0.6) is 0 Å². The van der Waals surface area contributed by atoms with Gasteiger partial charge in [0.1, 0.15) is 23.9 Å². The van der Waals surface area contributed by atoms with Crippen LogP contribution in [0.15, 0.2) is 0 Å². The Kier molecular flexibility index (Phi) is 16.8. The lowest BCUT2D eigenvalue weighted by Gasteiger charge is -2.49. The first kappa shape index (κ1) is 47.4. The summed E-state index contributed by atoms with van der Waals surface area (Å²) in [5.74, 6) is -2.87. The van der Waals surface area contributed by atoms with Crippen molar-refractivity contribution in [3.8, 4) is 0 Å². The molecule has 0 aliphatic carbocycles. The number of rotatable bonds is 9. The van der Waals surface area contributed by atoms with Crippen LogP contribution in [0, 0.1) is 17.8 Å². The molecule has 3 aliphatic heterocycles. The molecule has 3 fully saturated rings. The van der Waals surface area contributed by atoms with Crippen LogP contribution in [-0.4, -0.2) is 166 Å². The van der Waals surface area contributed by atoms with Gasteiger partial charge >= 0.3 is 5.97 Å². The molecule has 3 saturated heterocycles. The highest BCUT2D eigenvalue weighted by Crippen LogP contribution is 2.40. The number of hydrogen-bond acceptors (Lipinski definition) is 14. The molecule has 54 heavy (non-hydrogen) atoms. The van der Waals surface area contributed by atoms with E-state index in [9.17, 15) is 30.3 Å². The Balaban J connectivity index is 2.22. The van der Waals surface area contributed by atoms with Crippen molar-refractivity contribution in [2.24, 2.45) is 17.8 Å². The SMILES string of the molecule is CCCN1C[C@H](C)[C@@H](O)C(C)(O)[C@@H](CC)OC(=O)[C@H](C)[C@@H](O[C@H]2C[C@@](C)(OC)[C@@H](O)[C@H](C)O2)[C@H](C)[C@@H](O[C@@H]2O[C@H](C)C[C@H](N(C)C)[C@H]2O)C(C)(O)C[C@H]1C. The van der Waals surface area contributed by atoms with E-state index in [0.717, 1.165) is 6.42 Å². The first-order valence-electron chi connectivity index (χ1n) is 20.2. The normalized spacial score (nSPS) is 48.2. The van der Waals surface area contributed by atoms with E-state index in [1.54, 1.807) is 34.6 Å². The molecular formula is C40H76N2O12. The summed E-state index contributed by atoms with van der Waals surface area (Å²) in [6.45, 7) is 20.9. The van der Waals surface area contributed by atoms with Crippen LogP contribution in [0.1, 0.15) is 108 Å². The number of nitrogens with zero attached hydrogens (tertiary/aromatic N) is 2. The van der Waals surface area contributed by atoms with Gasteiger partial charge in [-0.05, 0) is 101 Å². The minimum Gasteiger partial charge on any atom is -0.459 e. The third kappa shape index (κ3) is 10.7. The number of carbonyl (C=O) groups is 1. The molecule has 14 heteroatoms. The lowest BCUT2D eigenvalue weighted by molar-refractivity contribution is -0.318. The van der Waals surface area contributed by atoms with E-state index < -0.39 is 95.8 Å². The molecule has 3 rings (SSSR count). The van der Waals surface area contributed by atoms with Crippen molar-refractivity contribution in [1.29, 1.82) is 0 Å². The van der Waals surface area contributed by atoms with Crippen molar-refractivity contribution in [2.75, 3.05) is 34.3 Å². The highest BCUT2D eigenvalue weighted by Gasteiger charge is 2.52. The number of cyclic esters (lactones) is 1. The molecule has 318 valence electrons. The van der Waals surface area contributed by atoms with Gasteiger partial charge in [-0.25, -0.2) is 0 Å². The molecule has 0 aromatic rings. The third-order valence-electron chi connectivity index (χ3n) is 12.6. The van der Waals surface area contributed by atoms with Gasteiger partial charge in [-0.1, -0.05) is 27.7 Å². The smallest absolute Gasteiger partial charge is 0.311 e. The molecule has 0 amide bonds. The molecule has 3 heterocycles. The Morgan fingerprint density at radius 3 is 2.11 bits per heavy atom. The second-order valence-electron chi connectivity index (χ2n) is 17.7. The molecule has 0 aromatic heterocycles. The zero-order chi connectivity index (χ0) is 41.1. The fraction of sp³-hybridized carbons (Fsp3) is 0.975. The third-order valence-corrected chi connectivity index (χ3v) is 12.6. The van der Waals surface area contributed by atoms with Crippen molar-refractivity contribution in [1.82, 2.24) is 9.80 Å². The maximum absolute atomic E-state index is 14.3. The average molecular weight is 777 g/mol. The Morgan fingerprint density at radius 2 is 1.56 bits per heavy atom. The Bertz CT molecular complexity index is 1180. The minimum absolute atomic E-state index is 0.133. The van der Waals surface area contributed by atoms with Crippen LogP contribution in [0.4, 0.5) is 0 Å². The van der Waals surface area contributed by atoms with E-state index in [2.05, 4.69) is 11.8 Å². The summed E-state index contributed by atoms with van der Waals surface area (Å²) >= 11 is 0. The van der Waals surface area contributed by atoms with Gasteiger partial charge in [-0.15, -0.1) is 0 Å². The number of ether oxygens (including phenoxy) is 6. The highest BCUT2D eigenvalue weighted by atomic mass is 16.7. The molecular weight excluding hydrogens is 700 g/mol. The molecule has 0 bridgehead atoms. The number of carbonyl (C=O) groups excluding carboxylic acids is 1. The van der Waals surface area contributed by atoms with E-state index in [0.29, 0.717) is 19.5 Å². The first-order valence-corrected chi connectivity index (χ1v) is 20.2. The summed E-state index contributed by atoms with van der Waals surface area (Å²) in [7, 11) is 5.29. The number of likely N-dealkylation sites (N-methyl/N-ethyl adjacent to an activating group) is 1. The molecule has 0 radical (unpaired) electrons. The fourth-order valence-electron chi connectivity index (χ4n) is 9.13. The maximum atomic E-state index is 14.3. The number of aliphatic hydroxyl groups excluding tert-OH is 3. The number of esters is 1. The van der Waals surface area contributed by atoms with E-state index in [-0.39, 0.29) is 37.5 Å². The second kappa shape index (κ2) is 19.2. The van der Waals surface area contributed by atoms with Gasteiger partial charge in [-0.3, -0.25) is 4.79 Å². The monoisotopic (exact) mass is 777 g/mol. The molecule has 2 unspecified atom stereocenters. The van der Waals surface area contributed by atoms with Gasteiger partial charge in [0, 0.05) is 38.1 Å². The van der Waals surface area contributed by atoms with Crippen LogP contribution in [0.2, 0.25) is 0 Å². The van der Waals surface area contributed by atoms with E-state index in [4.69, 9.17) is 28.4 Å². The lowest BCUT2D eigenvalue weighted by Crippen LogP contribution is -2.61. The largest absolute Gasteiger partial charge is 0.459 e. The fourth-order valence-corrected chi connectivity index (χ4v) is 9.13. The summed E-state index contributed by atoms with van der Waals surface area (Å²) in [5.41, 5.74) is -4.38. The van der Waals surface area contributed by atoms with Crippen LogP contribution in [0.3, 0.4) is 0 Å². The first-order chi connectivity index (χ1) is 24.9. The molecule has 18 atom stereocenters. The molecule has 0 aromatic carbocycles. The summed E-state index contributed by atoms with van der Waals surface area (Å²) in [4.78, 5) is 18.4. The highest BCUT2D eigenvalue weighted by molar-refractivity contribution is 5.73. The molecule has 0 saturated carbocycles. The molecule has 5 N–H and O–H groups in total. The minimum atomic E-state index is -1.78. The van der Waals surface area contributed by atoms with Crippen molar-refractivity contribution < 1.29 is 58.7 Å². The van der Waals surface area contributed by atoms with Gasteiger partial charge < -0.3 is 63.8 Å². The summed E-state index contributed by atoms with van der Waals surface area (Å²) in [6, 6.07) is -0.500. The summed E-state index contributed by atoms with van der Waals surface area (Å²) in [5, 5.41) is 58.7. The van der Waals surface area contributed by atoms with Gasteiger partial charge in [-0.2, -0.15) is 0 Å². The maximum Gasteiger partial charge on any atom is 0.311 e. The molecule has 0 spiro atoms. The van der Waals surface area contributed by atoms with Gasteiger partial charge in [0.05, 0.1) is 47.6 Å². The Labute approximate surface area is 324 Å². The standard InChI is InChI=1S/C40H76N2O12/c1-15-17-42-21-22(3)33(44)40(11,48)29(16-2)52-36(46)26(7)32(53-30-20-39(10,49-14)34(45)27(8)51-30)25(6)35(38(9,47)19-23(42)4)54-37-31(43)28(41(12)13)18-24(5)50-37/h22-35,37,43-45,47-48H,15-21H2,1-14H3/t22-,23+,24+,25-,26+,27-,28-,29+,30-,31+,32-,33+,34-,35+,37-,38?,39+,40?/m0/s1. The quantitative estimate of drug-likeness (QED) is 0.216. The number of methoxy groups -OCH3 is 1. The number of hydrogen-bond donors (Lipinski definition) is 5. The summed E-state index contributed by atoms with van der Waals surface area (Å²) < 4.78 is 37.8. The van der Waals surface area contributed by atoms with Crippen molar-refractivity contribution in [3.63, 3.8) is 0 Å². The van der Waals surface area contributed by atoms with Crippen LogP contribution in [0.25, 0.3) is 0 Å². The predicted molar refractivity (Wildman–Crippen MR) is 203 cm³/mol. The summed E-state index contributed by atoms with van der Waals surface area (Å²) in [6.07, 6.45) is -7.37. The lowest BCUT2D eigenvalue weighted by atomic mass is 9.78. The second-order valence-corrected chi connectivity index (χ2v) is 17.7. The van der Waals surface area contributed by atoms with Crippen LogP contribution >= 0.6 is 0 Å². The van der Waals surface area contributed by atoms with Crippen molar-refractivity contribution in [2.45, 2.75) is 199 Å². The average Bonchev–Trinajstić information content (AvgIpc) is 3.09. The van der Waals surface area contributed by atoms with E-state index >= 15 is 0 Å². The van der Waals surface area contributed by atoms with Crippen LogP contribution < -0.4 is 0 Å². The topological polar surface area (TPSA) is 180 Å². The van der Waals surface area contributed by atoms with Gasteiger partial charge in [0.25, 0.3) is 0 Å². The van der Waals surface area contributed by atoms with Crippen LogP contribution in [-0.2, 0) is 33.2 Å². The van der Waals surface area contributed by atoms with Gasteiger partial charge in [0.2, 0.25) is 0 Å². The zero-order valence-electron chi connectivity index (χ0n) is 35.6. The van der Waals surface area contributed by atoms with Gasteiger partial charge in [0.15, 0.2) is 12.6 Å². The Hall–Kier alpha value is -1.01. The predicted octanol–water partition coefficient (Wildman–Crippen LogP) is 2.68. The molecule has 14 nitrogen and oxygen atoms in total. The molecule has 3 aliphatic rings.